The van der Waals surface area contributed by atoms with E-state index in [9.17, 15) is 34.8 Å². The normalized spacial score (nSPS) is 28.3. The van der Waals surface area contributed by atoms with E-state index in [1.807, 2.05) is 111 Å². The molecule has 0 aliphatic carbocycles. The summed E-state index contributed by atoms with van der Waals surface area (Å²) in [5.41, 5.74) is -5.66. The molecule has 16 heteroatoms. The minimum absolute atomic E-state index is 0.258. The summed E-state index contributed by atoms with van der Waals surface area (Å²) < 4.78 is 24.5. The molecule has 4 saturated heterocycles. The average molecular weight is 854 g/mol. The van der Waals surface area contributed by atoms with Crippen LogP contribution >= 0.6 is 0 Å². The number of carbonyl (C=O) groups excluding carboxylic acids is 4. The molecule has 346 valence electrons. The van der Waals surface area contributed by atoms with Gasteiger partial charge in [0.05, 0.1) is 24.7 Å². The van der Waals surface area contributed by atoms with Crippen LogP contribution in [-0.2, 0) is 38.1 Å². The van der Waals surface area contributed by atoms with Gasteiger partial charge in [-0.1, -0.05) is 0 Å². The monoisotopic (exact) mass is 854 g/mol. The maximum atomic E-state index is 14.7. The molecule has 0 saturated carbocycles. The summed E-state index contributed by atoms with van der Waals surface area (Å²) in [5, 5.41) is 38.3. The molecule has 5 N–H and O–H groups in total. The van der Waals surface area contributed by atoms with Crippen molar-refractivity contribution in [2.75, 3.05) is 0 Å². The first-order chi connectivity index (χ1) is 26.9. The van der Waals surface area contributed by atoms with Gasteiger partial charge in [0.25, 0.3) is 0 Å². The second-order valence-corrected chi connectivity index (χ2v) is 23.4. The third-order valence-electron chi connectivity index (χ3n) is 13.6. The van der Waals surface area contributed by atoms with E-state index in [0.29, 0.717) is 38.5 Å². The van der Waals surface area contributed by atoms with Gasteiger partial charge in [0.2, 0.25) is 0 Å². The van der Waals surface area contributed by atoms with Gasteiger partial charge < -0.3 is 34.6 Å². The van der Waals surface area contributed by atoms with Crippen molar-refractivity contribution >= 4 is 23.9 Å². The highest BCUT2D eigenvalue weighted by Crippen LogP contribution is 2.43. The van der Waals surface area contributed by atoms with E-state index in [1.54, 1.807) is 5.01 Å². The van der Waals surface area contributed by atoms with Crippen molar-refractivity contribution in [3.63, 3.8) is 0 Å². The number of hydrazine groups is 1. The molecule has 4 fully saturated rings. The molecule has 16 nitrogen and oxygen atoms in total. The first-order valence-electron chi connectivity index (χ1n) is 21.8. The lowest BCUT2D eigenvalue weighted by Gasteiger charge is -2.52. The van der Waals surface area contributed by atoms with Crippen LogP contribution in [0.2, 0.25) is 0 Å². The molecule has 2 unspecified atom stereocenters. The molecule has 60 heavy (non-hydrogen) atoms. The van der Waals surface area contributed by atoms with E-state index >= 15 is 0 Å². The lowest BCUT2D eigenvalue weighted by Crippen LogP contribution is -2.65. The van der Waals surface area contributed by atoms with E-state index in [1.165, 1.54) is 15.2 Å². The SMILES string of the molecule is CC1(C)CC(OC(=O)C(CC(=O)OC2CC(C)(C)N(O)C(C)(C)C2)C(CC(=O)OC2CC(C)(C)N(O)C(C)(C)C2)C(=O)OC2CC(C)(C)N(O)C(C)(C)C2)CC(C)(C)N1N. The Morgan fingerprint density at radius 1 is 0.433 bits per heavy atom. The summed E-state index contributed by atoms with van der Waals surface area (Å²) in [6, 6.07) is 0. The van der Waals surface area contributed by atoms with E-state index < -0.39 is 117 Å². The van der Waals surface area contributed by atoms with Crippen LogP contribution in [-0.4, -0.2) is 128 Å². The Morgan fingerprint density at radius 3 is 0.867 bits per heavy atom. The summed E-state index contributed by atoms with van der Waals surface area (Å²) in [6.07, 6.45) is -1.29. The number of esters is 4. The molecule has 0 radical (unpaired) electrons. The highest BCUT2D eigenvalue weighted by atomic mass is 16.6. The smallest absolute Gasteiger partial charge is 0.310 e. The number of rotatable bonds is 11. The van der Waals surface area contributed by atoms with Crippen LogP contribution in [0.4, 0.5) is 0 Å². The number of hydrogen-bond acceptors (Lipinski definition) is 16. The number of hydrogen-bond donors (Lipinski definition) is 4. The fraction of sp³-hybridized carbons (Fsp3) is 0.909. The average Bonchev–Trinajstić information content (AvgIpc) is 3.04. The Hall–Kier alpha value is -2.44. The second-order valence-electron chi connectivity index (χ2n) is 23.4. The van der Waals surface area contributed by atoms with Crippen molar-refractivity contribution in [3.8, 4) is 0 Å². The number of carbonyl (C=O) groups is 4. The Balaban J connectivity index is 1.72. The summed E-state index contributed by atoms with van der Waals surface area (Å²) in [4.78, 5) is 57.6. The predicted molar refractivity (Wildman–Crippen MR) is 222 cm³/mol. The van der Waals surface area contributed by atoms with Crippen LogP contribution in [0, 0.1) is 11.8 Å². The molecule has 0 bridgehead atoms. The number of nitrogens with two attached hydrogens (primary N) is 1. The third-order valence-corrected chi connectivity index (χ3v) is 13.6. The van der Waals surface area contributed by atoms with Gasteiger partial charge >= 0.3 is 23.9 Å². The zero-order valence-corrected chi connectivity index (χ0v) is 39.5. The van der Waals surface area contributed by atoms with Gasteiger partial charge in [-0.3, -0.25) is 25.0 Å². The minimum Gasteiger partial charge on any atom is -0.462 e. The van der Waals surface area contributed by atoms with Crippen LogP contribution in [0.1, 0.15) is 175 Å². The summed E-state index contributed by atoms with van der Waals surface area (Å²) >= 11 is 0. The quantitative estimate of drug-likeness (QED) is 0.102. The van der Waals surface area contributed by atoms with Gasteiger partial charge in [0.15, 0.2) is 0 Å². The number of nitrogens with zero attached hydrogens (tertiary/aromatic N) is 4. The minimum atomic E-state index is -1.52. The van der Waals surface area contributed by atoms with Crippen LogP contribution in [0.3, 0.4) is 0 Å². The molecule has 4 aliphatic heterocycles. The van der Waals surface area contributed by atoms with Crippen LogP contribution < -0.4 is 5.84 Å². The fourth-order valence-corrected chi connectivity index (χ4v) is 11.2. The molecule has 0 aromatic rings. The predicted octanol–water partition coefficient (Wildman–Crippen LogP) is 6.30. The summed E-state index contributed by atoms with van der Waals surface area (Å²) in [5.74, 6) is 0.224. The topological polar surface area (TPSA) is 205 Å². The largest absolute Gasteiger partial charge is 0.462 e. The summed E-state index contributed by atoms with van der Waals surface area (Å²) in [7, 11) is 0. The van der Waals surface area contributed by atoms with Gasteiger partial charge in [0, 0.05) is 95.7 Å². The second kappa shape index (κ2) is 16.9. The molecular formula is C44H79N5O11. The fourth-order valence-electron chi connectivity index (χ4n) is 11.2. The van der Waals surface area contributed by atoms with Crippen molar-refractivity contribution in [1.82, 2.24) is 20.2 Å². The van der Waals surface area contributed by atoms with Crippen LogP contribution in [0.15, 0.2) is 0 Å². The zero-order chi connectivity index (χ0) is 46.0. The molecule has 0 amide bonds. The lowest BCUT2D eigenvalue weighted by atomic mass is 9.79. The van der Waals surface area contributed by atoms with Gasteiger partial charge in [-0.05, 0) is 111 Å². The van der Waals surface area contributed by atoms with E-state index in [-0.39, 0.29) is 12.8 Å². The Labute approximate surface area is 358 Å². The van der Waals surface area contributed by atoms with E-state index in [4.69, 9.17) is 24.8 Å². The number of ether oxygens (including phenoxy) is 4. The third kappa shape index (κ3) is 11.2. The molecule has 4 rings (SSSR count). The number of hydroxylamine groups is 6. The van der Waals surface area contributed by atoms with Gasteiger partial charge in [0.1, 0.15) is 24.4 Å². The van der Waals surface area contributed by atoms with E-state index in [2.05, 4.69) is 0 Å². The molecule has 4 heterocycles. The van der Waals surface area contributed by atoms with Gasteiger partial charge in [-0.2, -0.15) is 15.2 Å². The molecular weight excluding hydrogens is 775 g/mol. The Kier molecular flexibility index (Phi) is 14.2. The maximum absolute atomic E-state index is 14.7. The molecule has 4 aliphatic rings. The summed E-state index contributed by atoms with van der Waals surface area (Å²) in [6.45, 7) is 29.9. The van der Waals surface area contributed by atoms with Gasteiger partial charge in [-0.25, -0.2) is 5.01 Å². The standard InChI is InChI=1S/C44H79N5O11/c1-37(2)19-29(20-38(3,4)46(37)45)59-35(52)31(17-33(50)57-27-21-39(5,6)47(54)40(7,8)22-27)32(36(53)60-30-25-43(13,14)49(56)44(15,16)26-30)18-34(51)58-28-23-41(9,10)48(55)42(11,12)24-28/h27-32,54-56H,17-26,45H2,1-16H3. The van der Waals surface area contributed by atoms with Crippen molar-refractivity contribution in [2.45, 2.75) is 244 Å². The molecule has 0 aromatic carbocycles. The van der Waals surface area contributed by atoms with Crippen LogP contribution in [0.25, 0.3) is 0 Å². The first-order valence-corrected chi connectivity index (χ1v) is 21.8. The maximum Gasteiger partial charge on any atom is 0.310 e. The van der Waals surface area contributed by atoms with Crippen LogP contribution in [0.5, 0.6) is 0 Å². The van der Waals surface area contributed by atoms with Crippen molar-refractivity contribution < 1.29 is 53.7 Å². The highest BCUT2D eigenvalue weighted by molar-refractivity contribution is 5.88. The zero-order valence-electron chi connectivity index (χ0n) is 39.5. The first kappa shape index (κ1) is 50.2. The Morgan fingerprint density at radius 2 is 0.633 bits per heavy atom. The van der Waals surface area contributed by atoms with Crippen molar-refractivity contribution in [1.29, 1.82) is 0 Å². The molecule has 0 spiro atoms. The van der Waals surface area contributed by atoms with Crippen molar-refractivity contribution in [3.05, 3.63) is 0 Å². The van der Waals surface area contributed by atoms with Crippen molar-refractivity contribution in [2.24, 2.45) is 17.7 Å². The van der Waals surface area contributed by atoms with Gasteiger partial charge in [-0.15, -0.1) is 0 Å². The lowest BCUT2D eigenvalue weighted by molar-refractivity contribution is -0.261. The van der Waals surface area contributed by atoms with E-state index in [0.717, 1.165) is 0 Å². The number of piperidine rings is 4. The highest BCUT2D eigenvalue weighted by Gasteiger charge is 2.52. The molecule has 2 atom stereocenters. The molecule has 0 aromatic heterocycles. The Bertz CT molecular complexity index is 1420.